The van der Waals surface area contributed by atoms with Gasteiger partial charge in [0.2, 0.25) is 0 Å². The van der Waals surface area contributed by atoms with Crippen LogP contribution in [0.5, 0.6) is 0 Å². The Kier molecular flexibility index (Phi) is 5.51. The van der Waals surface area contributed by atoms with E-state index in [4.69, 9.17) is 15.0 Å². The van der Waals surface area contributed by atoms with Gasteiger partial charge in [0.25, 0.3) is 0 Å². The lowest BCUT2D eigenvalue weighted by molar-refractivity contribution is 1.07. The Morgan fingerprint density at radius 2 is 0.979 bits per heavy atom. The average molecular weight is 600 g/mol. The SMILES string of the molecule is c1cc(-c2cccc(-c3ccc4ccc5cccc6ccc3c4c56)n2)nc(-c2cccc(-n3c4ccccc4c4ncccc43)n2)c1. The maximum atomic E-state index is 5.16. The molecular weight excluding hydrogens is 574 g/mol. The van der Waals surface area contributed by atoms with E-state index in [9.17, 15) is 0 Å². The van der Waals surface area contributed by atoms with Crippen LogP contribution in [0, 0.1) is 0 Å². The zero-order valence-electron chi connectivity index (χ0n) is 25.2. The summed E-state index contributed by atoms with van der Waals surface area (Å²) in [7, 11) is 0. The Bertz CT molecular complexity index is 2740. The number of benzene rings is 5. The lowest BCUT2D eigenvalue weighted by atomic mass is 9.91. The highest BCUT2D eigenvalue weighted by molar-refractivity contribution is 6.25. The van der Waals surface area contributed by atoms with Crippen molar-refractivity contribution in [3.63, 3.8) is 0 Å². The second-order valence-corrected chi connectivity index (χ2v) is 11.9. The van der Waals surface area contributed by atoms with E-state index in [1.54, 1.807) is 0 Å². The monoisotopic (exact) mass is 599 g/mol. The van der Waals surface area contributed by atoms with E-state index >= 15 is 0 Å². The largest absolute Gasteiger partial charge is 0.292 e. The molecule has 5 heteroatoms. The molecule has 0 saturated carbocycles. The van der Waals surface area contributed by atoms with Crippen molar-refractivity contribution in [2.24, 2.45) is 0 Å². The first kappa shape index (κ1) is 25.8. The van der Waals surface area contributed by atoms with Crippen LogP contribution >= 0.6 is 0 Å². The molecule has 0 spiro atoms. The molecule has 0 unspecified atom stereocenters. The lowest BCUT2D eigenvalue weighted by Crippen LogP contribution is -1.99. The van der Waals surface area contributed by atoms with Crippen LogP contribution in [0.1, 0.15) is 0 Å². The molecule has 5 aromatic carbocycles. The van der Waals surface area contributed by atoms with Gasteiger partial charge in [0.1, 0.15) is 5.82 Å². The molecule has 0 fully saturated rings. The quantitative estimate of drug-likeness (QED) is 0.189. The van der Waals surface area contributed by atoms with Crippen molar-refractivity contribution in [3.8, 4) is 39.9 Å². The van der Waals surface area contributed by atoms with Gasteiger partial charge in [0.05, 0.1) is 45.0 Å². The van der Waals surface area contributed by atoms with E-state index in [0.717, 1.165) is 61.8 Å². The van der Waals surface area contributed by atoms with Gasteiger partial charge in [-0.15, -0.1) is 0 Å². The molecule has 0 aliphatic rings. The van der Waals surface area contributed by atoms with Crippen molar-refractivity contribution in [2.75, 3.05) is 0 Å². The van der Waals surface area contributed by atoms with E-state index in [-0.39, 0.29) is 0 Å². The molecule has 5 aromatic heterocycles. The molecule has 0 atom stereocenters. The number of fused-ring (bicyclic) bond motifs is 3. The van der Waals surface area contributed by atoms with Crippen LogP contribution in [-0.4, -0.2) is 24.5 Å². The summed E-state index contributed by atoms with van der Waals surface area (Å²) < 4.78 is 2.17. The first-order valence-corrected chi connectivity index (χ1v) is 15.7. The number of aromatic nitrogens is 5. The van der Waals surface area contributed by atoms with Gasteiger partial charge in [-0.3, -0.25) is 9.55 Å². The van der Waals surface area contributed by atoms with Crippen molar-refractivity contribution < 1.29 is 0 Å². The Balaban J connectivity index is 1.07. The second kappa shape index (κ2) is 10.0. The molecule has 0 amide bonds. The summed E-state index contributed by atoms with van der Waals surface area (Å²) in [6.07, 6.45) is 1.84. The molecule has 10 aromatic rings. The predicted octanol–water partition coefficient (Wildman–Crippen LogP) is 10.3. The van der Waals surface area contributed by atoms with Gasteiger partial charge in [-0.05, 0) is 86.9 Å². The number of pyridine rings is 4. The standard InChI is InChI=1S/C42H25N5/c1-2-16-37-31(10-1)42-38(17-7-25-43-42)47(37)39-18-6-15-36(46-39)35-14-5-13-34(45-35)33-12-4-11-32(44-33)29-23-21-28-20-19-26-8-3-9-27-22-24-30(29)41(28)40(26)27/h1-25H. The van der Waals surface area contributed by atoms with Gasteiger partial charge >= 0.3 is 0 Å². The number of para-hydroxylation sites is 1. The molecule has 0 bridgehead atoms. The van der Waals surface area contributed by atoms with Gasteiger partial charge in [-0.2, -0.15) is 0 Å². The van der Waals surface area contributed by atoms with Crippen LogP contribution in [0.4, 0.5) is 0 Å². The minimum absolute atomic E-state index is 0.790. The number of nitrogens with zero attached hydrogens (tertiary/aromatic N) is 5. The fourth-order valence-corrected chi connectivity index (χ4v) is 7.13. The fraction of sp³-hybridized carbons (Fsp3) is 0. The van der Waals surface area contributed by atoms with Gasteiger partial charge in [-0.25, -0.2) is 15.0 Å². The summed E-state index contributed by atoms with van der Waals surface area (Å²) in [6, 6.07) is 50.5. The molecule has 0 radical (unpaired) electrons. The molecule has 47 heavy (non-hydrogen) atoms. The second-order valence-electron chi connectivity index (χ2n) is 11.9. The third kappa shape index (κ3) is 3.97. The van der Waals surface area contributed by atoms with Crippen LogP contribution in [0.15, 0.2) is 152 Å². The van der Waals surface area contributed by atoms with Crippen LogP contribution in [-0.2, 0) is 0 Å². The van der Waals surface area contributed by atoms with Crippen LogP contribution in [0.25, 0.3) is 94.1 Å². The minimum atomic E-state index is 0.790. The highest BCUT2D eigenvalue weighted by Gasteiger charge is 2.16. The molecule has 0 N–H and O–H groups in total. The summed E-state index contributed by atoms with van der Waals surface area (Å²) in [5, 5.41) is 8.66. The molecular formula is C42H25N5. The smallest absolute Gasteiger partial charge is 0.138 e. The highest BCUT2D eigenvalue weighted by atomic mass is 15.1. The lowest BCUT2D eigenvalue weighted by Gasteiger charge is -2.14. The fourth-order valence-electron chi connectivity index (χ4n) is 7.13. The molecule has 5 nitrogen and oxygen atoms in total. The normalized spacial score (nSPS) is 11.8. The third-order valence-corrected chi connectivity index (χ3v) is 9.22. The average Bonchev–Trinajstić information content (AvgIpc) is 3.48. The Morgan fingerprint density at radius 1 is 0.383 bits per heavy atom. The molecule has 10 rings (SSSR count). The summed E-state index contributed by atoms with van der Waals surface area (Å²) in [6.45, 7) is 0. The summed E-state index contributed by atoms with van der Waals surface area (Å²) >= 11 is 0. The molecule has 5 heterocycles. The summed E-state index contributed by atoms with van der Waals surface area (Å²) in [5.74, 6) is 0.822. The Labute approximate surface area is 269 Å². The summed E-state index contributed by atoms with van der Waals surface area (Å²) in [5.41, 5.74) is 8.30. The van der Waals surface area contributed by atoms with E-state index in [2.05, 4.69) is 101 Å². The molecule has 0 aliphatic heterocycles. The van der Waals surface area contributed by atoms with Crippen molar-refractivity contribution >= 4 is 54.3 Å². The highest BCUT2D eigenvalue weighted by Crippen LogP contribution is 2.39. The maximum Gasteiger partial charge on any atom is 0.138 e. The zero-order chi connectivity index (χ0) is 30.9. The predicted molar refractivity (Wildman–Crippen MR) is 192 cm³/mol. The molecule has 0 aliphatic carbocycles. The zero-order valence-corrected chi connectivity index (χ0v) is 25.2. The number of hydrogen-bond donors (Lipinski definition) is 0. The minimum Gasteiger partial charge on any atom is -0.292 e. The topological polar surface area (TPSA) is 56.5 Å². The number of hydrogen-bond acceptors (Lipinski definition) is 4. The van der Waals surface area contributed by atoms with Gasteiger partial charge in [0.15, 0.2) is 0 Å². The third-order valence-electron chi connectivity index (χ3n) is 9.22. The van der Waals surface area contributed by atoms with Crippen LogP contribution < -0.4 is 0 Å². The van der Waals surface area contributed by atoms with E-state index in [1.165, 1.54) is 32.3 Å². The first-order valence-electron chi connectivity index (χ1n) is 15.7. The number of rotatable bonds is 4. The van der Waals surface area contributed by atoms with E-state index in [1.807, 2.05) is 60.8 Å². The van der Waals surface area contributed by atoms with Crippen LogP contribution in [0.3, 0.4) is 0 Å². The van der Waals surface area contributed by atoms with Gasteiger partial charge in [0, 0.05) is 17.1 Å². The Hall–Kier alpha value is -6.46. The van der Waals surface area contributed by atoms with Crippen molar-refractivity contribution in [2.45, 2.75) is 0 Å². The van der Waals surface area contributed by atoms with Crippen molar-refractivity contribution in [3.05, 3.63) is 152 Å². The van der Waals surface area contributed by atoms with E-state index in [0.29, 0.717) is 0 Å². The van der Waals surface area contributed by atoms with Gasteiger partial charge < -0.3 is 0 Å². The van der Waals surface area contributed by atoms with Crippen LogP contribution in [0.2, 0.25) is 0 Å². The molecule has 218 valence electrons. The Morgan fingerprint density at radius 3 is 1.79 bits per heavy atom. The maximum absolute atomic E-state index is 5.16. The van der Waals surface area contributed by atoms with Crippen molar-refractivity contribution in [1.82, 2.24) is 24.5 Å². The first-order chi connectivity index (χ1) is 23.3. The van der Waals surface area contributed by atoms with Crippen molar-refractivity contribution in [1.29, 1.82) is 0 Å². The van der Waals surface area contributed by atoms with E-state index < -0.39 is 0 Å². The molecule has 0 saturated heterocycles. The summed E-state index contributed by atoms with van der Waals surface area (Å²) in [4.78, 5) is 20.0. The van der Waals surface area contributed by atoms with Gasteiger partial charge in [-0.1, -0.05) is 91.0 Å².